The SMILES string of the molecule is CN1CCCc2cc(CNCc3ccc(Br)cc3)ccc21. The molecule has 0 amide bonds. The Morgan fingerprint density at radius 2 is 1.76 bits per heavy atom. The first-order valence-corrected chi connectivity index (χ1v) is 8.30. The molecule has 0 radical (unpaired) electrons. The maximum absolute atomic E-state index is 3.53. The minimum atomic E-state index is 0.907. The van der Waals surface area contributed by atoms with Crippen LogP contribution in [0.25, 0.3) is 0 Å². The van der Waals surface area contributed by atoms with Gasteiger partial charge in [-0.3, -0.25) is 0 Å². The lowest BCUT2D eigenvalue weighted by atomic mass is 9.99. The summed E-state index contributed by atoms with van der Waals surface area (Å²) in [7, 11) is 2.18. The van der Waals surface area contributed by atoms with Crippen molar-refractivity contribution in [1.82, 2.24) is 5.32 Å². The number of halogens is 1. The van der Waals surface area contributed by atoms with Crippen LogP contribution in [0, 0.1) is 0 Å². The minimum absolute atomic E-state index is 0.907. The Labute approximate surface area is 135 Å². The van der Waals surface area contributed by atoms with E-state index in [1.807, 2.05) is 0 Å². The van der Waals surface area contributed by atoms with Gasteiger partial charge in [0.25, 0.3) is 0 Å². The van der Waals surface area contributed by atoms with Crippen molar-refractivity contribution in [1.29, 1.82) is 0 Å². The molecule has 1 heterocycles. The van der Waals surface area contributed by atoms with Gasteiger partial charge in [-0.2, -0.15) is 0 Å². The summed E-state index contributed by atoms with van der Waals surface area (Å²) in [5.74, 6) is 0. The first kappa shape index (κ1) is 14.6. The highest BCUT2D eigenvalue weighted by Crippen LogP contribution is 2.26. The van der Waals surface area contributed by atoms with E-state index in [1.54, 1.807) is 0 Å². The average Bonchev–Trinajstić information content (AvgIpc) is 2.49. The van der Waals surface area contributed by atoms with Crippen LogP contribution in [0.5, 0.6) is 0 Å². The molecule has 0 bridgehead atoms. The van der Waals surface area contributed by atoms with Gasteiger partial charge in [0.2, 0.25) is 0 Å². The second kappa shape index (κ2) is 6.63. The molecule has 0 fully saturated rings. The minimum Gasteiger partial charge on any atom is -0.374 e. The molecule has 0 atom stereocenters. The molecule has 1 N–H and O–H groups in total. The predicted octanol–water partition coefficient (Wildman–Crippen LogP) is 4.12. The van der Waals surface area contributed by atoms with Gasteiger partial charge in [-0.1, -0.05) is 40.2 Å². The van der Waals surface area contributed by atoms with Crippen LogP contribution in [-0.2, 0) is 19.5 Å². The fraction of sp³-hybridized carbons (Fsp3) is 0.333. The van der Waals surface area contributed by atoms with Crippen molar-refractivity contribution in [2.24, 2.45) is 0 Å². The summed E-state index contributed by atoms with van der Waals surface area (Å²) in [6.45, 7) is 3.01. The van der Waals surface area contributed by atoms with Crippen LogP contribution in [0.4, 0.5) is 5.69 Å². The molecule has 110 valence electrons. The van der Waals surface area contributed by atoms with Crippen LogP contribution < -0.4 is 10.2 Å². The number of hydrogen-bond donors (Lipinski definition) is 1. The zero-order chi connectivity index (χ0) is 14.7. The van der Waals surface area contributed by atoms with Crippen LogP contribution in [0.1, 0.15) is 23.1 Å². The lowest BCUT2D eigenvalue weighted by Gasteiger charge is -2.27. The molecule has 1 aliphatic heterocycles. The Bertz CT molecular complexity index is 607. The molecule has 0 aliphatic carbocycles. The Balaban J connectivity index is 1.59. The Morgan fingerprint density at radius 1 is 1.05 bits per heavy atom. The molecule has 0 saturated heterocycles. The number of nitrogens with one attached hydrogen (secondary N) is 1. The van der Waals surface area contributed by atoms with Crippen LogP contribution in [0.2, 0.25) is 0 Å². The molecule has 0 spiro atoms. The first-order valence-electron chi connectivity index (χ1n) is 7.50. The molecule has 3 heteroatoms. The van der Waals surface area contributed by atoms with E-state index in [1.165, 1.54) is 41.8 Å². The first-order chi connectivity index (χ1) is 10.2. The molecule has 2 nitrogen and oxygen atoms in total. The summed E-state index contributed by atoms with van der Waals surface area (Å²) >= 11 is 3.47. The molecular formula is C18H21BrN2. The molecule has 0 saturated carbocycles. The van der Waals surface area contributed by atoms with Crippen LogP contribution >= 0.6 is 15.9 Å². The van der Waals surface area contributed by atoms with Gasteiger partial charge in [-0.25, -0.2) is 0 Å². The number of rotatable bonds is 4. The fourth-order valence-corrected chi connectivity index (χ4v) is 3.17. The van der Waals surface area contributed by atoms with Crippen molar-refractivity contribution in [3.8, 4) is 0 Å². The molecule has 21 heavy (non-hydrogen) atoms. The second-order valence-corrected chi connectivity index (χ2v) is 6.63. The summed E-state index contributed by atoms with van der Waals surface area (Å²) in [4.78, 5) is 2.36. The van der Waals surface area contributed by atoms with Crippen molar-refractivity contribution in [2.75, 3.05) is 18.5 Å². The fourth-order valence-electron chi connectivity index (χ4n) is 2.90. The zero-order valence-electron chi connectivity index (χ0n) is 12.4. The standard InChI is InChI=1S/C18H21BrN2/c1-21-10-2-3-16-11-15(6-9-18(16)21)13-20-12-14-4-7-17(19)8-5-14/h4-9,11,20H,2-3,10,12-13H2,1H3. The third kappa shape index (κ3) is 3.66. The van der Waals surface area contributed by atoms with Crippen molar-refractivity contribution < 1.29 is 0 Å². The van der Waals surface area contributed by atoms with Crippen molar-refractivity contribution in [3.63, 3.8) is 0 Å². The molecule has 1 aliphatic rings. The summed E-state index contributed by atoms with van der Waals surface area (Å²) in [5, 5.41) is 3.53. The van der Waals surface area contributed by atoms with Gasteiger partial charge in [0, 0.05) is 36.8 Å². The Hall–Kier alpha value is -1.32. The van der Waals surface area contributed by atoms with Crippen molar-refractivity contribution in [2.45, 2.75) is 25.9 Å². The van der Waals surface area contributed by atoms with E-state index in [0.29, 0.717) is 0 Å². The van der Waals surface area contributed by atoms with E-state index in [9.17, 15) is 0 Å². The summed E-state index contributed by atoms with van der Waals surface area (Å²) < 4.78 is 1.13. The van der Waals surface area contributed by atoms with E-state index >= 15 is 0 Å². The number of anilines is 1. The highest BCUT2D eigenvalue weighted by Gasteiger charge is 2.13. The smallest absolute Gasteiger partial charge is 0.0396 e. The molecule has 2 aromatic carbocycles. The maximum Gasteiger partial charge on any atom is 0.0396 e. The van der Waals surface area contributed by atoms with Gasteiger partial charge in [0.05, 0.1) is 0 Å². The van der Waals surface area contributed by atoms with Gasteiger partial charge >= 0.3 is 0 Å². The third-order valence-corrected chi connectivity index (χ3v) is 4.59. The molecular weight excluding hydrogens is 324 g/mol. The van der Waals surface area contributed by atoms with Crippen molar-refractivity contribution >= 4 is 21.6 Å². The summed E-state index contributed by atoms with van der Waals surface area (Å²) in [5.41, 5.74) is 5.58. The third-order valence-electron chi connectivity index (χ3n) is 4.07. The highest BCUT2D eigenvalue weighted by molar-refractivity contribution is 9.10. The largest absolute Gasteiger partial charge is 0.374 e. The van der Waals surface area contributed by atoms with E-state index in [4.69, 9.17) is 0 Å². The van der Waals surface area contributed by atoms with Crippen LogP contribution in [0.3, 0.4) is 0 Å². The zero-order valence-corrected chi connectivity index (χ0v) is 14.0. The van der Waals surface area contributed by atoms with Gasteiger partial charge in [0.1, 0.15) is 0 Å². The van der Waals surface area contributed by atoms with Gasteiger partial charge in [-0.05, 0) is 47.7 Å². The molecule has 3 rings (SSSR count). The number of fused-ring (bicyclic) bond motifs is 1. The number of benzene rings is 2. The van der Waals surface area contributed by atoms with E-state index in [2.05, 4.69) is 75.7 Å². The van der Waals surface area contributed by atoms with E-state index in [-0.39, 0.29) is 0 Å². The topological polar surface area (TPSA) is 15.3 Å². The van der Waals surface area contributed by atoms with Crippen molar-refractivity contribution in [3.05, 3.63) is 63.6 Å². The highest BCUT2D eigenvalue weighted by atomic mass is 79.9. The maximum atomic E-state index is 3.53. The quantitative estimate of drug-likeness (QED) is 0.897. The monoisotopic (exact) mass is 344 g/mol. The number of nitrogens with zero attached hydrogens (tertiary/aromatic N) is 1. The molecule has 0 aromatic heterocycles. The van der Waals surface area contributed by atoms with Gasteiger partial charge in [-0.15, -0.1) is 0 Å². The van der Waals surface area contributed by atoms with Gasteiger partial charge < -0.3 is 10.2 Å². The lowest BCUT2D eigenvalue weighted by Crippen LogP contribution is -2.24. The second-order valence-electron chi connectivity index (χ2n) is 5.72. The normalized spacial score (nSPS) is 14.1. The molecule has 2 aromatic rings. The number of aryl methyl sites for hydroxylation is 1. The van der Waals surface area contributed by atoms with E-state index in [0.717, 1.165) is 17.6 Å². The lowest BCUT2D eigenvalue weighted by molar-refractivity contribution is 0.689. The van der Waals surface area contributed by atoms with Gasteiger partial charge in [0.15, 0.2) is 0 Å². The summed E-state index contributed by atoms with van der Waals surface area (Å²) in [6.07, 6.45) is 2.47. The molecule has 0 unspecified atom stereocenters. The Kier molecular flexibility index (Phi) is 4.61. The van der Waals surface area contributed by atoms with E-state index < -0.39 is 0 Å². The Morgan fingerprint density at radius 3 is 2.57 bits per heavy atom. The van der Waals surface area contributed by atoms with Crippen LogP contribution in [-0.4, -0.2) is 13.6 Å². The summed E-state index contributed by atoms with van der Waals surface area (Å²) in [6, 6.07) is 15.4. The predicted molar refractivity (Wildman–Crippen MR) is 92.7 cm³/mol. The number of hydrogen-bond acceptors (Lipinski definition) is 2. The van der Waals surface area contributed by atoms with Crippen LogP contribution in [0.15, 0.2) is 46.9 Å². The average molecular weight is 345 g/mol.